The number of aliphatic imine (C=N–C) groups is 1. The van der Waals surface area contributed by atoms with Crippen molar-refractivity contribution in [3.05, 3.63) is 28.2 Å². The van der Waals surface area contributed by atoms with Crippen molar-refractivity contribution in [2.75, 3.05) is 0 Å². The van der Waals surface area contributed by atoms with Gasteiger partial charge in [-0.1, -0.05) is 30.1 Å². The Morgan fingerprint density at radius 1 is 1.46 bits per heavy atom. The summed E-state index contributed by atoms with van der Waals surface area (Å²) in [6.45, 7) is 1.93. The molecule has 13 heavy (non-hydrogen) atoms. The fourth-order valence-electron chi connectivity index (χ4n) is 0.806. The van der Waals surface area contributed by atoms with Crippen molar-refractivity contribution in [2.45, 2.75) is 13.3 Å². The SMILES string of the molecule is CCC(N)=Nc1ccc(Cl)cc1Cl. The van der Waals surface area contributed by atoms with Crippen LogP contribution >= 0.6 is 23.2 Å². The van der Waals surface area contributed by atoms with Gasteiger partial charge in [-0.25, -0.2) is 4.99 Å². The summed E-state index contributed by atoms with van der Waals surface area (Å²) in [5.41, 5.74) is 6.23. The molecule has 4 heteroatoms. The molecule has 0 atom stereocenters. The van der Waals surface area contributed by atoms with E-state index < -0.39 is 0 Å². The molecule has 0 amide bonds. The summed E-state index contributed by atoms with van der Waals surface area (Å²) in [6.07, 6.45) is 0.707. The van der Waals surface area contributed by atoms with Crippen molar-refractivity contribution in [2.24, 2.45) is 10.7 Å². The third-order valence-corrected chi connectivity index (χ3v) is 2.07. The molecule has 2 nitrogen and oxygen atoms in total. The van der Waals surface area contributed by atoms with Crippen molar-refractivity contribution in [1.82, 2.24) is 0 Å². The van der Waals surface area contributed by atoms with Gasteiger partial charge in [0.25, 0.3) is 0 Å². The van der Waals surface area contributed by atoms with Gasteiger partial charge in [0, 0.05) is 11.4 Å². The van der Waals surface area contributed by atoms with E-state index in [1.807, 2.05) is 6.92 Å². The Labute approximate surface area is 87.4 Å². The average Bonchev–Trinajstić information content (AvgIpc) is 2.09. The lowest BCUT2D eigenvalue weighted by atomic mass is 10.3. The number of benzene rings is 1. The first-order chi connectivity index (χ1) is 6.13. The van der Waals surface area contributed by atoms with Crippen molar-refractivity contribution in [3.63, 3.8) is 0 Å². The van der Waals surface area contributed by atoms with Gasteiger partial charge in [0.2, 0.25) is 0 Å². The molecule has 0 spiro atoms. The molecule has 0 fully saturated rings. The topological polar surface area (TPSA) is 38.4 Å². The van der Waals surface area contributed by atoms with Crippen LogP contribution < -0.4 is 5.73 Å². The second-order valence-electron chi connectivity index (χ2n) is 2.55. The zero-order valence-electron chi connectivity index (χ0n) is 7.22. The summed E-state index contributed by atoms with van der Waals surface area (Å²) in [5.74, 6) is 0.559. The fraction of sp³-hybridized carbons (Fsp3) is 0.222. The lowest BCUT2D eigenvalue weighted by Crippen LogP contribution is -2.08. The third-order valence-electron chi connectivity index (χ3n) is 1.54. The minimum atomic E-state index is 0.518. The molecule has 0 radical (unpaired) electrons. The smallest absolute Gasteiger partial charge is 0.0994 e. The molecular weight excluding hydrogens is 207 g/mol. The molecule has 0 bridgehead atoms. The number of halogens is 2. The third kappa shape index (κ3) is 2.90. The standard InChI is InChI=1S/C9H10Cl2N2/c1-2-9(12)13-8-4-3-6(10)5-7(8)11/h3-5H,2H2,1H3,(H2,12,13). The van der Waals surface area contributed by atoms with E-state index in [9.17, 15) is 0 Å². The summed E-state index contributed by atoms with van der Waals surface area (Å²) >= 11 is 11.6. The predicted octanol–water partition coefficient (Wildman–Crippen LogP) is 3.39. The largest absolute Gasteiger partial charge is 0.387 e. The Bertz CT molecular complexity index is 334. The predicted molar refractivity (Wildman–Crippen MR) is 58.0 cm³/mol. The van der Waals surface area contributed by atoms with Crippen LogP contribution in [-0.4, -0.2) is 5.84 Å². The minimum Gasteiger partial charge on any atom is -0.387 e. The average molecular weight is 217 g/mol. The van der Waals surface area contributed by atoms with Gasteiger partial charge in [-0.05, 0) is 18.2 Å². The highest BCUT2D eigenvalue weighted by Crippen LogP contribution is 2.27. The van der Waals surface area contributed by atoms with Crippen LogP contribution in [0.4, 0.5) is 5.69 Å². The van der Waals surface area contributed by atoms with Crippen LogP contribution in [0, 0.1) is 0 Å². The number of rotatable bonds is 2. The van der Waals surface area contributed by atoms with Gasteiger partial charge in [-0.15, -0.1) is 0 Å². The van der Waals surface area contributed by atoms with E-state index in [0.29, 0.717) is 28.0 Å². The van der Waals surface area contributed by atoms with E-state index in [4.69, 9.17) is 28.9 Å². The second-order valence-corrected chi connectivity index (χ2v) is 3.40. The lowest BCUT2D eigenvalue weighted by molar-refractivity contribution is 1.24. The molecule has 0 unspecified atom stereocenters. The summed E-state index contributed by atoms with van der Waals surface area (Å²) in [4.78, 5) is 4.12. The van der Waals surface area contributed by atoms with E-state index in [2.05, 4.69) is 4.99 Å². The molecule has 2 N–H and O–H groups in total. The van der Waals surface area contributed by atoms with Gasteiger partial charge in [-0.3, -0.25) is 0 Å². The fourth-order valence-corrected chi connectivity index (χ4v) is 1.26. The van der Waals surface area contributed by atoms with Gasteiger partial charge in [0.15, 0.2) is 0 Å². The van der Waals surface area contributed by atoms with Crippen LogP contribution in [0.2, 0.25) is 10.0 Å². The molecule has 0 aromatic heterocycles. The Morgan fingerprint density at radius 2 is 2.15 bits per heavy atom. The Morgan fingerprint density at radius 3 is 2.69 bits per heavy atom. The van der Waals surface area contributed by atoms with Gasteiger partial charge < -0.3 is 5.73 Å². The highest BCUT2D eigenvalue weighted by Gasteiger charge is 1.99. The van der Waals surface area contributed by atoms with Crippen LogP contribution in [0.25, 0.3) is 0 Å². The van der Waals surface area contributed by atoms with Gasteiger partial charge >= 0.3 is 0 Å². The Balaban J connectivity index is 3.03. The monoisotopic (exact) mass is 216 g/mol. The van der Waals surface area contributed by atoms with E-state index in [1.165, 1.54) is 0 Å². The van der Waals surface area contributed by atoms with E-state index in [1.54, 1.807) is 18.2 Å². The summed E-state index contributed by atoms with van der Waals surface area (Å²) < 4.78 is 0. The number of nitrogens with zero attached hydrogens (tertiary/aromatic N) is 1. The van der Waals surface area contributed by atoms with Crippen LogP contribution in [0.1, 0.15) is 13.3 Å². The van der Waals surface area contributed by atoms with E-state index in [0.717, 1.165) is 0 Å². The maximum absolute atomic E-state index is 5.88. The number of hydrogen-bond donors (Lipinski definition) is 1. The van der Waals surface area contributed by atoms with Crippen LogP contribution in [-0.2, 0) is 0 Å². The summed E-state index contributed by atoms with van der Waals surface area (Å²) in [6, 6.07) is 5.12. The molecule has 0 aliphatic carbocycles. The number of amidine groups is 1. The van der Waals surface area contributed by atoms with Crippen molar-refractivity contribution in [1.29, 1.82) is 0 Å². The first-order valence-corrected chi connectivity index (χ1v) is 4.67. The minimum absolute atomic E-state index is 0.518. The molecule has 0 saturated carbocycles. The van der Waals surface area contributed by atoms with Crippen molar-refractivity contribution >= 4 is 34.7 Å². The number of nitrogens with two attached hydrogens (primary N) is 1. The molecule has 1 rings (SSSR count). The van der Waals surface area contributed by atoms with Crippen molar-refractivity contribution in [3.8, 4) is 0 Å². The number of hydrogen-bond acceptors (Lipinski definition) is 1. The molecule has 0 saturated heterocycles. The highest BCUT2D eigenvalue weighted by molar-refractivity contribution is 6.36. The van der Waals surface area contributed by atoms with Gasteiger partial charge in [0.05, 0.1) is 16.5 Å². The van der Waals surface area contributed by atoms with Crippen LogP contribution in [0.15, 0.2) is 23.2 Å². The quantitative estimate of drug-likeness (QED) is 0.598. The zero-order valence-corrected chi connectivity index (χ0v) is 8.73. The lowest BCUT2D eigenvalue weighted by Gasteiger charge is -2.00. The molecule has 0 heterocycles. The Hall–Kier alpha value is -0.730. The zero-order chi connectivity index (χ0) is 9.84. The van der Waals surface area contributed by atoms with E-state index in [-0.39, 0.29) is 0 Å². The second kappa shape index (κ2) is 4.49. The van der Waals surface area contributed by atoms with Gasteiger partial charge in [0.1, 0.15) is 0 Å². The molecule has 0 aliphatic heterocycles. The first-order valence-electron chi connectivity index (χ1n) is 3.91. The molecule has 70 valence electrons. The Kier molecular flexibility index (Phi) is 3.58. The molecule has 1 aromatic carbocycles. The molecule has 0 aliphatic rings. The van der Waals surface area contributed by atoms with Crippen molar-refractivity contribution < 1.29 is 0 Å². The van der Waals surface area contributed by atoms with E-state index >= 15 is 0 Å². The highest BCUT2D eigenvalue weighted by atomic mass is 35.5. The van der Waals surface area contributed by atoms with Crippen LogP contribution in [0.5, 0.6) is 0 Å². The molecule has 1 aromatic rings. The first kappa shape index (κ1) is 10.4. The normalized spacial score (nSPS) is 11.8. The maximum Gasteiger partial charge on any atom is 0.0994 e. The maximum atomic E-state index is 5.88. The van der Waals surface area contributed by atoms with Gasteiger partial charge in [-0.2, -0.15) is 0 Å². The molecular formula is C9H10Cl2N2. The summed E-state index contributed by atoms with van der Waals surface area (Å²) in [7, 11) is 0. The van der Waals surface area contributed by atoms with Crippen LogP contribution in [0.3, 0.4) is 0 Å². The summed E-state index contributed by atoms with van der Waals surface area (Å²) in [5, 5.41) is 1.11.